The molecule has 132 valence electrons. The van der Waals surface area contributed by atoms with Gasteiger partial charge in [0.15, 0.2) is 0 Å². The molecule has 5 heteroatoms. The molecule has 4 rings (SSSR count). The largest absolute Gasteiger partial charge is 0.383 e. The van der Waals surface area contributed by atoms with Crippen LogP contribution in [0.4, 0.5) is 0 Å². The van der Waals surface area contributed by atoms with Crippen LogP contribution in [0.15, 0.2) is 24.4 Å². The second-order valence-corrected chi connectivity index (χ2v) is 7.11. The van der Waals surface area contributed by atoms with Crippen LogP contribution in [0.2, 0.25) is 0 Å². The van der Waals surface area contributed by atoms with Gasteiger partial charge in [-0.1, -0.05) is 12.1 Å². The molecule has 0 bridgehead atoms. The second-order valence-electron chi connectivity index (χ2n) is 7.11. The lowest BCUT2D eigenvalue weighted by Gasteiger charge is -2.16. The molecule has 1 saturated heterocycles. The topological polar surface area (TPSA) is 58.2 Å². The van der Waals surface area contributed by atoms with Crippen molar-refractivity contribution in [2.24, 2.45) is 0 Å². The van der Waals surface area contributed by atoms with E-state index < -0.39 is 0 Å². The molecule has 1 atom stereocenters. The first-order chi connectivity index (χ1) is 12.2. The summed E-state index contributed by atoms with van der Waals surface area (Å²) in [5.41, 5.74) is 5.21. The van der Waals surface area contributed by atoms with E-state index in [0.29, 0.717) is 19.6 Å². The fourth-order valence-electron chi connectivity index (χ4n) is 3.96. The Kier molecular flexibility index (Phi) is 4.57. The van der Waals surface area contributed by atoms with Gasteiger partial charge in [0.2, 0.25) is 5.91 Å². The van der Waals surface area contributed by atoms with Gasteiger partial charge in [-0.2, -0.15) is 0 Å². The summed E-state index contributed by atoms with van der Waals surface area (Å²) >= 11 is 0. The van der Waals surface area contributed by atoms with Crippen LogP contribution in [0, 0.1) is 0 Å². The predicted octanol–water partition coefficient (Wildman–Crippen LogP) is 2.92. The molecule has 1 unspecified atom stereocenters. The van der Waals surface area contributed by atoms with Crippen LogP contribution in [0.1, 0.15) is 42.1 Å². The molecule has 2 aliphatic rings. The molecule has 1 aliphatic carbocycles. The molecule has 1 fully saturated rings. The number of ether oxygens (including phenoxy) is 1. The summed E-state index contributed by atoms with van der Waals surface area (Å²) in [5, 5.41) is 0. The minimum absolute atomic E-state index is 0.149. The van der Waals surface area contributed by atoms with E-state index in [9.17, 15) is 4.79 Å². The third kappa shape index (κ3) is 3.33. The number of H-pyrrole nitrogens is 1. The summed E-state index contributed by atoms with van der Waals surface area (Å²) in [6.07, 6.45) is 7.39. The number of likely N-dealkylation sites (tertiary alicyclic amines) is 1. The van der Waals surface area contributed by atoms with E-state index in [1.807, 2.05) is 11.1 Å². The number of carbonyl (C=O) groups excluding carboxylic acids is 1. The smallest absolute Gasteiger partial charge is 0.223 e. The number of aromatic amines is 1. The third-order valence-corrected chi connectivity index (χ3v) is 5.42. The highest BCUT2D eigenvalue weighted by atomic mass is 16.5. The quantitative estimate of drug-likeness (QED) is 0.911. The third-order valence-electron chi connectivity index (χ3n) is 5.42. The number of imidazole rings is 1. The van der Waals surface area contributed by atoms with Crippen molar-refractivity contribution in [3.8, 4) is 11.3 Å². The van der Waals surface area contributed by atoms with Crippen molar-refractivity contribution < 1.29 is 9.53 Å². The summed E-state index contributed by atoms with van der Waals surface area (Å²) < 4.78 is 5.08. The highest BCUT2D eigenvalue weighted by molar-refractivity contribution is 5.79. The Morgan fingerprint density at radius 1 is 1.28 bits per heavy atom. The van der Waals surface area contributed by atoms with Crippen molar-refractivity contribution in [3.05, 3.63) is 41.3 Å². The number of nitrogens with zero attached hydrogens (tertiary/aromatic N) is 2. The number of benzene rings is 1. The Bertz CT molecular complexity index is 768. The van der Waals surface area contributed by atoms with Gasteiger partial charge in [-0.3, -0.25) is 4.79 Å². The zero-order chi connectivity index (χ0) is 17.2. The Morgan fingerprint density at radius 2 is 2.12 bits per heavy atom. The molecular weight excluding hydrogens is 314 g/mol. The van der Waals surface area contributed by atoms with Gasteiger partial charge in [-0.15, -0.1) is 0 Å². The van der Waals surface area contributed by atoms with Gasteiger partial charge in [0.25, 0.3) is 0 Å². The monoisotopic (exact) mass is 339 g/mol. The molecule has 1 N–H and O–H groups in total. The lowest BCUT2D eigenvalue weighted by Crippen LogP contribution is -2.28. The van der Waals surface area contributed by atoms with Crippen LogP contribution in [0.3, 0.4) is 0 Å². The van der Waals surface area contributed by atoms with Crippen LogP contribution in [0.25, 0.3) is 11.3 Å². The number of hydrogen-bond acceptors (Lipinski definition) is 3. The zero-order valence-electron chi connectivity index (χ0n) is 14.8. The van der Waals surface area contributed by atoms with Crippen molar-refractivity contribution in [2.75, 3.05) is 26.8 Å². The summed E-state index contributed by atoms with van der Waals surface area (Å²) in [6.45, 7) is 1.96. The molecule has 1 amide bonds. The molecule has 1 aliphatic heterocycles. The van der Waals surface area contributed by atoms with E-state index in [4.69, 9.17) is 4.74 Å². The predicted molar refractivity (Wildman–Crippen MR) is 96.5 cm³/mol. The Balaban J connectivity index is 1.50. The maximum atomic E-state index is 12.1. The van der Waals surface area contributed by atoms with Crippen LogP contribution >= 0.6 is 0 Å². The second kappa shape index (κ2) is 7.00. The van der Waals surface area contributed by atoms with Crippen LogP contribution in [-0.4, -0.2) is 47.6 Å². The van der Waals surface area contributed by atoms with Crippen LogP contribution in [-0.2, 0) is 22.4 Å². The molecule has 1 aromatic carbocycles. The molecule has 0 spiro atoms. The number of nitrogens with one attached hydrogen (secondary N) is 1. The fourth-order valence-corrected chi connectivity index (χ4v) is 3.96. The summed E-state index contributed by atoms with van der Waals surface area (Å²) in [4.78, 5) is 22.0. The first-order valence-corrected chi connectivity index (χ1v) is 9.18. The molecular formula is C20H25N3O2. The minimum Gasteiger partial charge on any atom is -0.383 e. The number of aryl methyl sites for hydroxylation is 2. The first-order valence-electron chi connectivity index (χ1n) is 9.18. The molecule has 0 radical (unpaired) electrons. The maximum Gasteiger partial charge on any atom is 0.223 e. The number of amides is 1. The Labute approximate surface area is 148 Å². The first kappa shape index (κ1) is 16.3. The van der Waals surface area contributed by atoms with E-state index in [1.54, 1.807) is 7.11 Å². The van der Waals surface area contributed by atoms with E-state index in [2.05, 4.69) is 28.2 Å². The lowest BCUT2D eigenvalue weighted by atomic mass is 9.90. The van der Waals surface area contributed by atoms with Gasteiger partial charge < -0.3 is 14.6 Å². The highest BCUT2D eigenvalue weighted by Crippen LogP contribution is 2.30. The molecule has 1 aromatic heterocycles. The van der Waals surface area contributed by atoms with E-state index in [0.717, 1.165) is 18.1 Å². The molecule has 25 heavy (non-hydrogen) atoms. The van der Waals surface area contributed by atoms with Crippen molar-refractivity contribution in [2.45, 2.75) is 38.0 Å². The van der Waals surface area contributed by atoms with Crippen molar-refractivity contribution in [1.82, 2.24) is 14.9 Å². The highest BCUT2D eigenvalue weighted by Gasteiger charge is 2.32. The van der Waals surface area contributed by atoms with Gasteiger partial charge in [-0.05, 0) is 48.4 Å². The number of carbonyl (C=O) groups is 1. The SMILES string of the molecule is COCCN1CC(c2ncc(-c3ccc4c(c3)CCCC4)[nH]2)CC1=O. The van der Waals surface area contributed by atoms with Gasteiger partial charge in [0.05, 0.1) is 18.5 Å². The molecule has 0 saturated carbocycles. The average molecular weight is 339 g/mol. The van der Waals surface area contributed by atoms with Crippen molar-refractivity contribution >= 4 is 5.91 Å². The summed E-state index contributed by atoms with van der Waals surface area (Å²) in [6, 6.07) is 6.75. The van der Waals surface area contributed by atoms with Crippen molar-refractivity contribution in [3.63, 3.8) is 0 Å². The Morgan fingerprint density at radius 3 is 2.96 bits per heavy atom. The van der Waals surface area contributed by atoms with E-state index in [-0.39, 0.29) is 11.8 Å². The van der Waals surface area contributed by atoms with Gasteiger partial charge in [0, 0.05) is 32.5 Å². The fraction of sp³-hybridized carbons (Fsp3) is 0.500. The zero-order valence-corrected chi connectivity index (χ0v) is 14.8. The average Bonchev–Trinajstić information content (AvgIpc) is 3.26. The van der Waals surface area contributed by atoms with Crippen LogP contribution in [0.5, 0.6) is 0 Å². The number of aromatic nitrogens is 2. The van der Waals surface area contributed by atoms with Gasteiger partial charge in [-0.25, -0.2) is 4.98 Å². The van der Waals surface area contributed by atoms with Crippen LogP contribution < -0.4 is 0 Å². The molecule has 2 aromatic rings. The van der Waals surface area contributed by atoms with Crippen molar-refractivity contribution in [1.29, 1.82) is 0 Å². The number of methoxy groups -OCH3 is 1. The summed E-state index contributed by atoms with van der Waals surface area (Å²) in [5.74, 6) is 1.26. The lowest BCUT2D eigenvalue weighted by molar-refractivity contribution is -0.128. The van der Waals surface area contributed by atoms with Gasteiger partial charge >= 0.3 is 0 Å². The summed E-state index contributed by atoms with van der Waals surface area (Å²) in [7, 11) is 1.66. The van der Waals surface area contributed by atoms with Gasteiger partial charge in [0.1, 0.15) is 5.82 Å². The van der Waals surface area contributed by atoms with E-state index >= 15 is 0 Å². The standard InChI is InChI=1S/C20H25N3O2/c1-25-9-8-23-13-17(11-19(23)24)20-21-12-18(22-20)16-7-6-14-4-2-3-5-15(14)10-16/h6-7,10,12,17H,2-5,8-9,11,13H2,1H3,(H,21,22). The minimum atomic E-state index is 0.149. The normalized spacial score (nSPS) is 20.1. The van der Waals surface area contributed by atoms with E-state index in [1.165, 1.54) is 42.4 Å². The molecule has 5 nitrogen and oxygen atoms in total. The molecule has 2 heterocycles. The maximum absolute atomic E-state index is 12.1. The number of fused-ring (bicyclic) bond motifs is 1. The Hall–Kier alpha value is -2.14. The number of hydrogen-bond donors (Lipinski definition) is 1. The number of rotatable bonds is 5.